The van der Waals surface area contributed by atoms with Crippen LogP contribution in [-0.2, 0) is 36.9 Å². The van der Waals surface area contributed by atoms with E-state index in [1.807, 2.05) is 60.0 Å². The molecule has 36 heavy (non-hydrogen) atoms. The van der Waals surface area contributed by atoms with Gasteiger partial charge in [-0.2, -0.15) is 0 Å². The molecule has 5 atom stereocenters. The topological polar surface area (TPSA) is 94.2 Å². The van der Waals surface area contributed by atoms with Gasteiger partial charge in [-0.25, -0.2) is 4.79 Å². The molecule has 2 amide bonds. The number of hydrogen-bond acceptors (Lipinski definition) is 7. The first-order chi connectivity index (χ1) is 17.5. The zero-order valence-corrected chi connectivity index (χ0v) is 20.3. The summed E-state index contributed by atoms with van der Waals surface area (Å²) in [5, 5.41) is 4.33. The number of methoxy groups -OCH3 is 1. The van der Waals surface area contributed by atoms with Crippen LogP contribution in [0.2, 0.25) is 0 Å². The molecular formula is C27H24N2O6S. The Morgan fingerprint density at radius 2 is 1.86 bits per heavy atom. The van der Waals surface area contributed by atoms with Gasteiger partial charge in [-0.3, -0.25) is 9.59 Å². The Balaban J connectivity index is 1.21. The third-order valence-corrected chi connectivity index (χ3v) is 8.19. The number of rotatable bonds is 7. The van der Waals surface area contributed by atoms with Crippen molar-refractivity contribution in [2.24, 2.45) is 0 Å². The fourth-order valence-electron chi connectivity index (χ4n) is 5.25. The molecule has 6 rings (SSSR count). The van der Waals surface area contributed by atoms with E-state index in [0.29, 0.717) is 11.3 Å². The predicted molar refractivity (Wildman–Crippen MR) is 132 cm³/mol. The van der Waals surface area contributed by atoms with Gasteiger partial charge in [0.1, 0.15) is 36.0 Å². The highest BCUT2D eigenvalue weighted by Gasteiger charge is 2.72. The fraction of sp³-hybridized carbons (Fsp3) is 0.296. The van der Waals surface area contributed by atoms with E-state index < -0.39 is 29.0 Å². The van der Waals surface area contributed by atoms with Crippen molar-refractivity contribution in [2.45, 2.75) is 42.2 Å². The van der Waals surface area contributed by atoms with E-state index in [9.17, 15) is 14.4 Å². The zero-order valence-electron chi connectivity index (χ0n) is 19.5. The Labute approximate surface area is 212 Å². The molecule has 1 unspecified atom stereocenters. The van der Waals surface area contributed by atoms with E-state index in [4.69, 9.17) is 14.2 Å². The molecule has 2 aromatic carbocycles. The summed E-state index contributed by atoms with van der Waals surface area (Å²) in [7, 11) is 1.59. The normalized spacial score (nSPS) is 29.1. The smallest absolute Gasteiger partial charge is 0.340 e. The number of fused-ring (bicyclic) bond motifs is 7. The van der Waals surface area contributed by atoms with Crippen molar-refractivity contribution >= 4 is 29.5 Å². The maximum atomic E-state index is 13.7. The quantitative estimate of drug-likeness (QED) is 0.351. The number of ether oxygens (including phenoxy) is 3. The number of nitrogens with zero attached hydrogens (tertiary/aromatic N) is 1. The molecule has 4 aliphatic heterocycles. The maximum absolute atomic E-state index is 13.7. The van der Waals surface area contributed by atoms with Crippen LogP contribution in [0.1, 0.15) is 11.1 Å². The third kappa shape index (κ3) is 3.45. The third-order valence-electron chi connectivity index (χ3n) is 7.03. The number of β-lactam (4-membered cyclic amide) rings is 1. The summed E-state index contributed by atoms with van der Waals surface area (Å²) in [5.74, 6) is -0.381. The second-order valence-electron chi connectivity index (χ2n) is 9.07. The molecule has 0 aromatic heterocycles. The second-order valence-corrected chi connectivity index (χ2v) is 10.1. The van der Waals surface area contributed by atoms with E-state index >= 15 is 0 Å². The van der Waals surface area contributed by atoms with Gasteiger partial charge in [-0.05, 0) is 28.7 Å². The van der Waals surface area contributed by atoms with Crippen LogP contribution in [0.15, 0.2) is 77.7 Å². The van der Waals surface area contributed by atoms with Gasteiger partial charge in [0.2, 0.25) is 5.91 Å². The molecule has 1 N–H and O–H groups in total. The summed E-state index contributed by atoms with van der Waals surface area (Å²) in [4.78, 5) is 41.3. The SMILES string of the molecule is COc1ccc(COC(=O)C23C(=CS[C@@H]4[C@H](NC(=O)Cc5ccccc5)C(=O)N42)[C@@H]2C=C[C@H]3O2)cc1. The van der Waals surface area contributed by atoms with Gasteiger partial charge in [0.25, 0.3) is 5.91 Å². The minimum Gasteiger partial charge on any atom is -0.497 e. The summed E-state index contributed by atoms with van der Waals surface area (Å²) in [5.41, 5.74) is 1.01. The maximum Gasteiger partial charge on any atom is 0.340 e. The van der Waals surface area contributed by atoms with Crippen LogP contribution in [0.4, 0.5) is 0 Å². The van der Waals surface area contributed by atoms with E-state index in [2.05, 4.69) is 5.32 Å². The largest absolute Gasteiger partial charge is 0.497 e. The van der Waals surface area contributed by atoms with Gasteiger partial charge >= 0.3 is 5.97 Å². The van der Waals surface area contributed by atoms with Crippen molar-refractivity contribution in [3.05, 3.63) is 88.9 Å². The molecule has 9 heteroatoms. The Morgan fingerprint density at radius 3 is 2.61 bits per heavy atom. The summed E-state index contributed by atoms with van der Waals surface area (Å²) < 4.78 is 17.0. The van der Waals surface area contributed by atoms with Gasteiger partial charge in [-0.1, -0.05) is 54.6 Å². The molecule has 2 bridgehead atoms. The summed E-state index contributed by atoms with van der Waals surface area (Å²) in [6.07, 6.45) is 2.88. The van der Waals surface area contributed by atoms with Gasteiger partial charge in [-0.15, -0.1) is 11.8 Å². The molecule has 0 aliphatic carbocycles. The number of amides is 2. The highest BCUT2D eigenvalue weighted by Crippen LogP contribution is 2.55. The Hall–Kier alpha value is -3.56. The highest BCUT2D eigenvalue weighted by atomic mass is 32.2. The van der Waals surface area contributed by atoms with Crippen LogP contribution >= 0.6 is 11.8 Å². The standard InChI is InChI=1S/C27H24N2O6S/c1-33-18-9-7-17(8-10-18)14-34-26(32)27-19(20-11-12-21(27)35-20)15-36-25-23(24(31)29(25)27)28-22(30)13-16-5-3-2-4-6-16/h2-12,15,20-21,23,25H,13-14H2,1H3,(H,28,30)/t20-,21+,23+,25+,27?/m0/s1. The van der Waals surface area contributed by atoms with E-state index in [1.165, 1.54) is 11.8 Å². The number of carbonyl (C=O) groups excluding carboxylic acids is 3. The Bertz CT molecular complexity index is 1280. The van der Waals surface area contributed by atoms with Gasteiger partial charge in [0.15, 0.2) is 5.54 Å². The van der Waals surface area contributed by atoms with Gasteiger partial charge < -0.3 is 24.4 Å². The van der Waals surface area contributed by atoms with E-state index in [0.717, 1.165) is 11.1 Å². The number of hydrogen-bond donors (Lipinski definition) is 1. The van der Waals surface area contributed by atoms with Crippen molar-refractivity contribution in [1.82, 2.24) is 10.2 Å². The highest BCUT2D eigenvalue weighted by molar-refractivity contribution is 8.03. The Kier molecular flexibility index (Phi) is 5.61. The zero-order chi connectivity index (χ0) is 24.9. The molecular weight excluding hydrogens is 480 g/mol. The van der Waals surface area contributed by atoms with Crippen LogP contribution < -0.4 is 10.1 Å². The van der Waals surface area contributed by atoms with Crippen LogP contribution in [0, 0.1) is 0 Å². The Morgan fingerprint density at radius 1 is 1.08 bits per heavy atom. The number of carbonyl (C=O) groups is 3. The molecule has 8 nitrogen and oxygen atoms in total. The lowest BCUT2D eigenvalue weighted by atomic mass is 9.76. The molecule has 0 radical (unpaired) electrons. The molecule has 2 aromatic rings. The van der Waals surface area contributed by atoms with Crippen LogP contribution in [0.3, 0.4) is 0 Å². The summed E-state index contributed by atoms with van der Waals surface area (Å²) in [6, 6.07) is 15.9. The molecule has 2 saturated heterocycles. The van der Waals surface area contributed by atoms with Crippen molar-refractivity contribution in [2.75, 3.05) is 7.11 Å². The average Bonchev–Trinajstić information content (AvgIpc) is 3.52. The van der Waals surface area contributed by atoms with Gasteiger partial charge in [0, 0.05) is 5.57 Å². The van der Waals surface area contributed by atoms with Crippen molar-refractivity contribution < 1.29 is 28.6 Å². The fourth-order valence-corrected chi connectivity index (χ4v) is 6.59. The minimum absolute atomic E-state index is 0.0516. The summed E-state index contributed by atoms with van der Waals surface area (Å²) in [6.45, 7) is 0.0516. The molecule has 4 heterocycles. The molecule has 184 valence electrons. The first-order valence-electron chi connectivity index (χ1n) is 11.7. The monoisotopic (exact) mass is 504 g/mol. The van der Waals surface area contributed by atoms with Gasteiger partial charge in [0.05, 0.1) is 13.5 Å². The average molecular weight is 505 g/mol. The van der Waals surface area contributed by atoms with Crippen molar-refractivity contribution in [3.63, 3.8) is 0 Å². The van der Waals surface area contributed by atoms with E-state index in [-0.39, 0.29) is 30.9 Å². The second kappa shape index (κ2) is 8.83. The summed E-state index contributed by atoms with van der Waals surface area (Å²) >= 11 is 1.42. The van der Waals surface area contributed by atoms with Crippen LogP contribution in [-0.4, -0.2) is 59.0 Å². The molecule has 2 fully saturated rings. The minimum atomic E-state index is -1.36. The van der Waals surface area contributed by atoms with Crippen LogP contribution in [0.25, 0.3) is 0 Å². The first kappa shape index (κ1) is 22.9. The lowest BCUT2D eigenvalue weighted by Gasteiger charge is -2.57. The molecule has 0 saturated carbocycles. The lowest BCUT2D eigenvalue weighted by Crippen LogP contribution is -2.80. The molecule has 4 aliphatic rings. The number of nitrogens with one attached hydrogen (secondary N) is 1. The number of benzene rings is 2. The number of thioether (sulfide) groups is 1. The first-order valence-corrected chi connectivity index (χ1v) is 12.6. The predicted octanol–water partition coefficient (Wildman–Crippen LogP) is 2.34. The van der Waals surface area contributed by atoms with Crippen LogP contribution in [0.5, 0.6) is 5.75 Å². The van der Waals surface area contributed by atoms with E-state index in [1.54, 1.807) is 24.1 Å². The lowest BCUT2D eigenvalue weighted by molar-refractivity contribution is -0.176. The number of esters is 1. The molecule has 0 spiro atoms. The van der Waals surface area contributed by atoms with Crippen molar-refractivity contribution in [3.8, 4) is 5.75 Å². The van der Waals surface area contributed by atoms with Crippen molar-refractivity contribution in [1.29, 1.82) is 0 Å².